The number of benzene rings is 1. The van der Waals surface area contributed by atoms with Crippen LogP contribution >= 0.6 is 7.60 Å². The van der Waals surface area contributed by atoms with Crippen LogP contribution in [0.1, 0.15) is 15.9 Å². The van der Waals surface area contributed by atoms with E-state index in [2.05, 4.69) is 4.52 Å². The lowest BCUT2D eigenvalue weighted by atomic mass is 10.1. The molecule has 0 fully saturated rings. The molecule has 0 aliphatic rings. The first kappa shape index (κ1) is 15.4. The summed E-state index contributed by atoms with van der Waals surface area (Å²) in [5.41, 5.74) is 1.13. The summed E-state index contributed by atoms with van der Waals surface area (Å²) in [5, 5.41) is 8.72. The molecule has 0 aliphatic heterocycles. The number of aryl methyl sites for hydroxylation is 1. The standard InChI is InChI=1S/C12H15N2O4P/c1-10-5-3-4-6-11(10)12(15)14(8-7-13)9-19(16,17)18-2/h3-6H,8-9H2,1-2H3,(H,16,17). The van der Waals surface area contributed by atoms with Crippen molar-refractivity contribution in [3.8, 4) is 6.07 Å². The van der Waals surface area contributed by atoms with E-state index in [1.54, 1.807) is 37.3 Å². The molecule has 1 amide bonds. The molecule has 0 saturated heterocycles. The van der Waals surface area contributed by atoms with Crippen molar-refractivity contribution in [3.63, 3.8) is 0 Å². The zero-order chi connectivity index (χ0) is 14.5. The zero-order valence-corrected chi connectivity index (χ0v) is 11.6. The predicted molar refractivity (Wildman–Crippen MR) is 69.5 cm³/mol. The van der Waals surface area contributed by atoms with Crippen molar-refractivity contribution in [2.45, 2.75) is 6.92 Å². The summed E-state index contributed by atoms with van der Waals surface area (Å²) in [6.45, 7) is 1.48. The van der Waals surface area contributed by atoms with Crippen LogP contribution in [0.3, 0.4) is 0 Å². The molecule has 1 unspecified atom stereocenters. The van der Waals surface area contributed by atoms with Crippen molar-refractivity contribution >= 4 is 13.5 Å². The van der Waals surface area contributed by atoms with Gasteiger partial charge in [0.1, 0.15) is 12.8 Å². The van der Waals surface area contributed by atoms with Gasteiger partial charge in [-0.3, -0.25) is 9.36 Å². The Bertz CT molecular complexity index is 553. The van der Waals surface area contributed by atoms with Crippen LogP contribution in [0.5, 0.6) is 0 Å². The number of nitriles is 1. The third kappa shape index (κ3) is 4.18. The maximum Gasteiger partial charge on any atom is 0.347 e. The largest absolute Gasteiger partial charge is 0.347 e. The molecule has 102 valence electrons. The number of carbonyl (C=O) groups is 1. The lowest BCUT2D eigenvalue weighted by Crippen LogP contribution is -2.33. The van der Waals surface area contributed by atoms with Gasteiger partial charge in [-0.05, 0) is 18.6 Å². The smallest absolute Gasteiger partial charge is 0.323 e. The molecule has 1 aromatic carbocycles. The average Bonchev–Trinajstić information content (AvgIpc) is 2.38. The summed E-state index contributed by atoms with van der Waals surface area (Å²) < 4.78 is 16.0. The van der Waals surface area contributed by atoms with Crippen LogP contribution in [-0.2, 0) is 9.09 Å². The van der Waals surface area contributed by atoms with Crippen LogP contribution in [0.15, 0.2) is 24.3 Å². The Morgan fingerprint density at radius 3 is 2.68 bits per heavy atom. The van der Waals surface area contributed by atoms with Crippen molar-refractivity contribution < 1.29 is 18.8 Å². The van der Waals surface area contributed by atoms with Gasteiger partial charge in [-0.25, -0.2) is 0 Å². The quantitative estimate of drug-likeness (QED) is 0.656. The molecule has 1 N–H and O–H groups in total. The van der Waals surface area contributed by atoms with Crippen molar-refractivity contribution in [1.82, 2.24) is 4.90 Å². The van der Waals surface area contributed by atoms with E-state index in [-0.39, 0.29) is 6.54 Å². The lowest BCUT2D eigenvalue weighted by molar-refractivity contribution is 0.0789. The van der Waals surface area contributed by atoms with Crippen LogP contribution in [0.25, 0.3) is 0 Å². The molecule has 1 rings (SSSR count). The highest BCUT2D eigenvalue weighted by atomic mass is 31.2. The molecule has 1 aromatic rings. The normalized spacial score (nSPS) is 13.4. The molecular formula is C12H15N2O4P. The van der Waals surface area contributed by atoms with Crippen LogP contribution in [0.4, 0.5) is 0 Å². The first-order chi connectivity index (χ1) is 8.91. The topological polar surface area (TPSA) is 90.6 Å². The molecule has 0 bridgehead atoms. The number of nitrogens with zero attached hydrogens (tertiary/aromatic N) is 2. The van der Waals surface area contributed by atoms with Gasteiger partial charge in [0.15, 0.2) is 0 Å². The van der Waals surface area contributed by atoms with Crippen LogP contribution < -0.4 is 0 Å². The molecule has 19 heavy (non-hydrogen) atoms. The highest BCUT2D eigenvalue weighted by molar-refractivity contribution is 7.52. The summed E-state index contributed by atoms with van der Waals surface area (Å²) in [4.78, 5) is 22.7. The Kier molecular flexibility index (Phi) is 5.25. The third-order valence-electron chi connectivity index (χ3n) is 2.56. The molecule has 1 atom stereocenters. The zero-order valence-electron chi connectivity index (χ0n) is 10.7. The van der Waals surface area contributed by atoms with E-state index in [1.807, 2.05) is 0 Å². The van der Waals surface area contributed by atoms with E-state index in [1.165, 1.54) is 0 Å². The van der Waals surface area contributed by atoms with Crippen molar-refractivity contribution in [2.24, 2.45) is 0 Å². The van der Waals surface area contributed by atoms with Crippen LogP contribution in [0.2, 0.25) is 0 Å². The van der Waals surface area contributed by atoms with Crippen molar-refractivity contribution in [1.29, 1.82) is 5.26 Å². The summed E-state index contributed by atoms with van der Waals surface area (Å²) in [5.74, 6) is -0.467. The minimum atomic E-state index is -3.89. The minimum absolute atomic E-state index is 0.277. The number of amides is 1. The molecule has 0 saturated carbocycles. The second-order valence-corrected chi connectivity index (χ2v) is 5.86. The Morgan fingerprint density at radius 1 is 1.53 bits per heavy atom. The Labute approximate surface area is 111 Å². The van der Waals surface area contributed by atoms with Gasteiger partial charge >= 0.3 is 7.60 Å². The van der Waals surface area contributed by atoms with E-state index in [0.29, 0.717) is 5.56 Å². The Hall–Kier alpha value is -1.67. The SMILES string of the molecule is COP(=O)(O)CN(CC#N)C(=O)c1ccccc1C. The molecule has 0 radical (unpaired) electrons. The third-order valence-corrected chi connectivity index (χ3v) is 3.83. The van der Waals surface area contributed by atoms with E-state index in [9.17, 15) is 14.3 Å². The second-order valence-electron chi connectivity index (χ2n) is 3.94. The fraction of sp³-hybridized carbons (Fsp3) is 0.333. The van der Waals surface area contributed by atoms with Crippen LogP contribution in [-0.4, -0.2) is 35.6 Å². The van der Waals surface area contributed by atoms with Gasteiger partial charge < -0.3 is 14.3 Å². The van der Waals surface area contributed by atoms with Crippen molar-refractivity contribution in [3.05, 3.63) is 35.4 Å². The van der Waals surface area contributed by atoms with Crippen LogP contribution in [0, 0.1) is 18.3 Å². The highest BCUT2D eigenvalue weighted by Gasteiger charge is 2.26. The molecular weight excluding hydrogens is 267 g/mol. The number of hydrogen-bond donors (Lipinski definition) is 1. The van der Waals surface area contributed by atoms with Gasteiger partial charge in [0.25, 0.3) is 5.91 Å². The molecule has 0 aliphatic carbocycles. The fourth-order valence-electron chi connectivity index (χ4n) is 1.53. The molecule has 0 spiro atoms. The molecule has 0 heterocycles. The fourth-order valence-corrected chi connectivity index (χ4v) is 2.30. The number of rotatable bonds is 5. The number of carbonyl (C=O) groups excluding carboxylic acids is 1. The Balaban J connectivity index is 3.01. The van der Waals surface area contributed by atoms with Gasteiger partial charge in [-0.15, -0.1) is 0 Å². The minimum Gasteiger partial charge on any atom is -0.323 e. The van der Waals surface area contributed by atoms with Crippen molar-refractivity contribution in [2.75, 3.05) is 19.9 Å². The van der Waals surface area contributed by atoms with Gasteiger partial charge in [0, 0.05) is 12.7 Å². The molecule has 0 aromatic heterocycles. The summed E-state index contributed by atoms with van der Waals surface area (Å²) in [6.07, 6.45) is -0.510. The monoisotopic (exact) mass is 282 g/mol. The van der Waals surface area contributed by atoms with Gasteiger partial charge in [0.05, 0.1) is 6.07 Å². The average molecular weight is 282 g/mol. The second kappa shape index (κ2) is 6.48. The molecule has 7 heteroatoms. The van der Waals surface area contributed by atoms with E-state index >= 15 is 0 Å². The summed E-state index contributed by atoms with van der Waals surface area (Å²) in [6, 6.07) is 8.65. The first-order valence-corrected chi connectivity index (χ1v) is 7.27. The maximum atomic E-state index is 12.2. The summed E-state index contributed by atoms with van der Waals surface area (Å²) in [7, 11) is -2.81. The highest BCUT2D eigenvalue weighted by Crippen LogP contribution is 2.41. The summed E-state index contributed by atoms with van der Waals surface area (Å²) >= 11 is 0. The van der Waals surface area contributed by atoms with Gasteiger partial charge in [-0.1, -0.05) is 18.2 Å². The lowest BCUT2D eigenvalue weighted by Gasteiger charge is -2.22. The maximum absolute atomic E-state index is 12.2. The Morgan fingerprint density at radius 2 is 2.16 bits per heavy atom. The van der Waals surface area contributed by atoms with E-state index < -0.39 is 19.8 Å². The van der Waals surface area contributed by atoms with E-state index in [0.717, 1.165) is 17.6 Å². The predicted octanol–water partition coefficient (Wildman–Crippen LogP) is 1.75. The van der Waals surface area contributed by atoms with E-state index in [4.69, 9.17) is 5.26 Å². The molecule has 6 nitrogen and oxygen atoms in total. The first-order valence-electron chi connectivity index (χ1n) is 5.50. The van der Waals surface area contributed by atoms with Gasteiger partial charge in [-0.2, -0.15) is 5.26 Å². The van der Waals surface area contributed by atoms with Gasteiger partial charge in [0.2, 0.25) is 0 Å². The number of hydrogen-bond acceptors (Lipinski definition) is 4.